The number of sulfonamides is 1. The number of nitrogens with one attached hydrogen (secondary N) is 1. The van der Waals surface area contributed by atoms with Crippen molar-refractivity contribution in [3.63, 3.8) is 0 Å². The lowest BCUT2D eigenvalue weighted by Crippen LogP contribution is -2.38. The number of carbonyl (C=O) groups excluding carboxylic acids is 1. The molecule has 0 saturated heterocycles. The number of nitro groups is 1. The standard InChI is InChI=1S/C23H23N3O6S/c1-17(2)32-21-13-11-18(12-14-21)24-23(27)16-25(19-7-6-8-20(15-19)26(28)29)33(30,31)22-9-4-3-5-10-22/h3-15,17H,16H2,1-2H3,(H,24,27). The van der Waals surface area contributed by atoms with Gasteiger partial charge in [0.05, 0.1) is 21.6 Å². The van der Waals surface area contributed by atoms with Gasteiger partial charge in [-0.3, -0.25) is 19.2 Å². The number of rotatable bonds is 9. The fraction of sp³-hybridized carbons (Fsp3) is 0.174. The van der Waals surface area contributed by atoms with Crippen molar-refractivity contribution in [1.29, 1.82) is 0 Å². The van der Waals surface area contributed by atoms with Crippen LogP contribution in [0, 0.1) is 10.1 Å². The largest absolute Gasteiger partial charge is 0.491 e. The predicted octanol–water partition coefficient (Wildman–Crippen LogP) is 4.22. The van der Waals surface area contributed by atoms with Gasteiger partial charge in [-0.05, 0) is 56.3 Å². The number of amides is 1. The van der Waals surface area contributed by atoms with Crippen molar-refractivity contribution < 1.29 is 22.9 Å². The molecule has 0 fully saturated rings. The van der Waals surface area contributed by atoms with Crippen LogP contribution in [0.2, 0.25) is 0 Å². The number of non-ortho nitro benzene ring substituents is 1. The normalized spacial score (nSPS) is 11.1. The maximum absolute atomic E-state index is 13.3. The van der Waals surface area contributed by atoms with E-state index in [0.29, 0.717) is 11.4 Å². The third-order valence-electron chi connectivity index (χ3n) is 4.46. The number of hydrogen-bond acceptors (Lipinski definition) is 6. The molecule has 0 aliphatic carbocycles. The van der Waals surface area contributed by atoms with Crippen molar-refractivity contribution in [2.45, 2.75) is 24.8 Å². The van der Waals surface area contributed by atoms with Crippen LogP contribution in [0.4, 0.5) is 17.1 Å². The molecule has 0 spiro atoms. The molecule has 3 rings (SSSR count). The number of anilines is 2. The second-order valence-corrected chi connectivity index (χ2v) is 9.20. The van der Waals surface area contributed by atoms with Crippen LogP contribution in [0.25, 0.3) is 0 Å². The Morgan fingerprint density at radius 2 is 1.70 bits per heavy atom. The summed E-state index contributed by atoms with van der Waals surface area (Å²) in [6.45, 7) is 3.21. The molecular formula is C23H23N3O6S. The van der Waals surface area contributed by atoms with Gasteiger partial charge in [-0.1, -0.05) is 24.3 Å². The highest BCUT2D eigenvalue weighted by Gasteiger charge is 2.28. The highest BCUT2D eigenvalue weighted by Crippen LogP contribution is 2.27. The van der Waals surface area contributed by atoms with Crippen LogP contribution in [0.15, 0.2) is 83.8 Å². The minimum atomic E-state index is -4.17. The maximum atomic E-state index is 13.3. The van der Waals surface area contributed by atoms with E-state index in [1.54, 1.807) is 42.5 Å². The molecule has 10 heteroatoms. The van der Waals surface area contributed by atoms with Crippen LogP contribution in [-0.4, -0.2) is 31.9 Å². The summed E-state index contributed by atoms with van der Waals surface area (Å²) in [6, 6.07) is 19.3. The van der Waals surface area contributed by atoms with E-state index in [4.69, 9.17) is 4.74 Å². The number of nitrogens with zero attached hydrogens (tertiary/aromatic N) is 2. The molecule has 0 radical (unpaired) electrons. The SMILES string of the molecule is CC(C)Oc1ccc(NC(=O)CN(c2cccc([N+](=O)[O-])c2)S(=O)(=O)c2ccccc2)cc1. The first-order valence-corrected chi connectivity index (χ1v) is 11.5. The summed E-state index contributed by atoms with van der Waals surface area (Å²) < 4.78 is 33.0. The summed E-state index contributed by atoms with van der Waals surface area (Å²) in [7, 11) is -4.17. The van der Waals surface area contributed by atoms with Gasteiger partial charge in [0, 0.05) is 17.8 Å². The third kappa shape index (κ3) is 6.07. The predicted molar refractivity (Wildman–Crippen MR) is 125 cm³/mol. The summed E-state index contributed by atoms with van der Waals surface area (Å²) in [6.07, 6.45) is -0.00267. The lowest BCUT2D eigenvalue weighted by atomic mass is 10.2. The Hall–Kier alpha value is -3.92. The first-order valence-electron chi connectivity index (χ1n) is 10.1. The molecule has 0 aliphatic heterocycles. The molecule has 1 amide bonds. The molecule has 0 bridgehead atoms. The molecule has 0 unspecified atom stereocenters. The van der Waals surface area contributed by atoms with Gasteiger partial charge in [0.15, 0.2) is 0 Å². The van der Waals surface area contributed by atoms with E-state index in [9.17, 15) is 23.3 Å². The average molecular weight is 470 g/mol. The van der Waals surface area contributed by atoms with E-state index in [-0.39, 0.29) is 22.4 Å². The van der Waals surface area contributed by atoms with Gasteiger partial charge in [-0.25, -0.2) is 8.42 Å². The van der Waals surface area contributed by atoms with E-state index in [1.807, 2.05) is 13.8 Å². The van der Waals surface area contributed by atoms with Crippen molar-refractivity contribution in [3.05, 3.63) is 89.0 Å². The first kappa shape index (κ1) is 23.7. The van der Waals surface area contributed by atoms with E-state index in [2.05, 4.69) is 5.32 Å². The van der Waals surface area contributed by atoms with Crippen molar-refractivity contribution >= 4 is 33.0 Å². The molecule has 3 aromatic rings. The van der Waals surface area contributed by atoms with Crippen molar-refractivity contribution in [2.24, 2.45) is 0 Å². The van der Waals surface area contributed by atoms with Crippen molar-refractivity contribution in [3.8, 4) is 5.75 Å². The van der Waals surface area contributed by atoms with E-state index < -0.39 is 27.4 Å². The maximum Gasteiger partial charge on any atom is 0.271 e. The molecule has 1 N–H and O–H groups in total. The lowest BCUT2D eigenvalue weighted by molar-refractivity contribution is -0.384. The molecule has 0 aliphatic rings. The van der Waals surface area contributed by atoms with Crippen LogP contribution in [0.1, 0.15) is 13.8 Å². The summed E-state index contributed by atoms with van der Waals surface area (Å²) in [5, 5.41) is 13.9. The van der Waals surface area contributed by atoms with Gasteiger partial charge in [-0.2, -0.15) is 0 Å². The van der Waals surface area contributed by atoms with Gasteiger partial charge in [0.1, 0.15) is 12.3 Å². The Labute approximate surface area is 191 Å². The Balaban J connectivity index is 1.89. The number of benzene rings is 3. The fourth-order valence-corrected chi connectivity index (χ4v) is 4.45. The molecule has 0 saturated carbocycles. The van der Waals surface area contributed by atoms with E-state index in [1.165, 1.54) is 30.3 Å². The molecular weight excluding hydrogens is 446 g/mol. The molecule has 9 nitrogen and oxygen atoms in total. The second-order valence-electron chi connectivity index (χ2n) is 7.34. The zero-order chi connectivity index (χ0) is 24.0. The van der Waals surface area contributed by atoms with Crippen LogP contribution in [-0.2, 0) is 14.8 Å². The Morgan fingerprint density at radius 1 is 1.03 bits per heavy atom. The zero-order valence-corrected chi connectivity index (χ0v) is 18.9. The summed E-state index contributed by atoms with van der Waals surface area (Å²) >= 11 is 0. The third-order valence-corrected chi connectivity index (χ3v) is 6.24. The van der Waals surface area contributed by atoms with Gasteiger partial charge in [0.2, 0.25) is 5.91 Å². The summed E-state index contributed by atoms with van der Waals surface area (Å²) in [4.78, 5) is 23.3. The number of nitro benzene ring substituents is 1. The fourth-order valence-electron chi connectivity index (χ4n) is 3.02. The van der Waals surface area contributed by atoms with Crippen LogP contribution in [0.5, 0.6) is 5.75 Å². The van der Waals surface area contributed by atoms with Gasteiger partial charge < -0.3 is 10.1 Å². The minimum Gasteiger partial charge on any atom is -0.491 e. The monoisotopic (exact) mass is 469 g/mol. The van der Waals surface area contributed by atoms with Crippen LogP contribution >= 0.6 is 0 Å². The zero-order valence-electron chi connectivity index (χ0n) is 18.0. The molecule has 0 heterocycles. The highest BCUT2D eigenvalue weighted by atomic mass is 32.2. The second kappa shape index (κ2) is 10.1. The number of ether oxygens (including phenoxy) is 1. The molecule has 0 aromatic heterocycles. The number of hydrogen-bond donors (Lipinski definition) is 1. The molecule has 0 atom stereocenters. The molecule has 33 heavy (non-hydrogen) atoms. The van der Waals surface area contributed by atoms with Gasteiger partial charge in [-0.15, -0.1) is 0 Å². The summed E-state index contributed by atoms with van der Waals surface area (Å²) in [5.74, 6) is 0.0198. The molecule has 3 aromatic carbocycles. The Kier molecular flexibility index (Phi) is 7.29. The Morgan fingerprint density at radius 3 is 2.30 bits per heavy atom. The summed E-state index contributed by atoms with van der Waals surface area (Å²) in [5.41, 5.74) is 0.165. The lowest BCUT2D eigenvalue weighted by Gasteiger charge is -2.24. The average Bonchev–Trinajstić information content (AvgIpc) is 2.79. The number of carbonyl (C=O) groups is 1. The van der Waals surface area contributed by atoms with E-state index in [0.717, 1.165) is 10.4 Å². The molecule has 172 valence electrons. The van der Waals surface area contributed by atoms with E-state index >= 15 is 0 Å². The smallest absolute Gasteiger partial charge is 0.271 e. The van der Waals surface area contributed by atoms with Gasteiger partial charge >= 0.3 is 0 Å². The van der Waals surface area contributed by atoms with Crippen molar-refractivity contribution in [1.82, 2.24) is 0 Å². The van der Waals surface area contributed by atoms with Gasteiger partial charge in [0.25, 0.3) is 15.7 Å². The van der Waals surface area contributed by atoms with Crippen LogP contribution < -0.4 is 14.4 Å². The quantitative estimate of drug-likeness (QED) is 0.370. The highest BCUT2D eigenvalue weighted by molar-refractivity contribution is 7.92. The topological polar surface area (TPSA) is 119 Å². The Bertz CT molecular complexity index is 1230. The van der Waals surface area contributed by atoms with Crippen LogP contribution in [0.3, 0.4) is 0 Å². The van der Waals surface area contributed by atoms with Crippen molar-refractivity contribution in [2.75, 3.05) is 16.2 Å². The minimum absolute atomic E-state index is 0.00267. The first-order chi connectivity index (χ1) is 15.7.